The van der Waals surface area contributed by atoms with Crippen LogP contribution in [0.15, 0.2) is 60.7 Å². The van der Waals surface area contributed by atoms with E-state index < -0.39 is 0 Å². The third kappa shape index (κ3) is 4.62. The van der Waals surface area contributed by atoms with E-state index in [2.05, 4.69) is 26.0 Å². The highest BCUT2D eigenvalue weighted by Gasteiger charge is 2.21. The van der Waals surface area contributed by atoms with Gasteiger partial charge in [-0.25, -0.2) is 4.98 Å². The van der Waals surface area contributed by atoms with Crippen molar-refractivity contribution in [1.82, 2.24) is 4.98 Å². The molecule has 4 nitrogen and oxygen atoms in total. The molecular weight excluding hydrogens is 404 g/mol. The van der Waals surface area contributed by atoms with E-state index in [4.69, 9.17) is 9.72 Å². The van der Waals surface area contributed by atoms with Gasteiger partial charge >= 0.3 is 0 Å². The molecule has 1 aromatic heterocycles. The molecule has 4 aromatic rings. The molecule has 0 aliphatic carbocycles. The Morgan fingerprint density at radius 1 is 0.935 bits per heavy atom. The number of nitrogens with zero attached hydrogens (tertiary/aromatic N) is 2. The minimum atomic E-state index is 0.0286. The van der Waals surface area contributed by atoms with Crippen LogP contribution in [0.5, 0.6) is 5.75 Å². The summed E-state index contributed by atoms with van der Waals surface area (Å²) in [6, 6.07) is 20.2. The van der Waals surface area contributed by atoms with Crippen LogP contribution >= 0.6 is 11.3 Å². The second kappa shape index (κ2) is 8.90. The Morgan fingerprint density at radius 3 is 2.39 bits per heavy atom. The number of methoxy groups -OCH3 is 1. The molecule has 158 valence electrons. The maximum Gasteiger partial charge on any atom is 0.233 e. The van der Waals surface area contributed by atoms with Gasteiger partial charge in [0.25, 0.3) is 0 Å². The molecule has 0 saturated carbocycles. The summed E-state index contributed by atoms with van der Waals surface area (Å²) in [5.41, 5.74) is 6.45. The second-order valence-corrected chi connectivity index (χ2v) is 8.86. The van der Waals surface area contributed by atoms with E-state index >= 15 is 0 Å². The monoisotopic (exact) mass is 430 g/mol. The van der Waals surface area contributed by atoms with Crippen molar-refractivity contribution >= 4 is 32.6 Å². The van der Waals surface area contributed by atoms with Gasteiger partial charge in [0, 0.05) is 0 Å². The van der Waals surface area contributed by atoms with Crippen molar-refractivity contribution in [2.45, 2.75) is 33.7 Å². The molecule has 0 N–H and O–H groups in total. The number of ether oxygens (including phenoxy) is 1. The number of rotatable bonds is 6. The van der Waals surface area contributed by atoms with Gasteiger partial charge in [-0.1, -0.05) is 53.8 Å². The van der Waals surface area contributed by atoms with Gasteiger partial charge < -0.3 is 4.74 Å². The first kappa shape index (κ1) is 21.1. The lowest BCUT2D eigenvalue weighted by molar-refractivity contribution is -0.118. The molecule has 0 atom stereocenters. The van der Waals surface area contributed by atoms with Crippen LogP contribution in [0.3, 0.4) is 0 Å². The minimum absolute atomic E-state index is 0.0286. The van der Waals surface area contributed by atoms with Crippen molar-refractivity contribution in [2.24, 2.45) is 0 Å². The summed E-state index contributed by atoms with van der Waals surface area (Å²) in [6.45, 7) is 6.68. The largest absolute Gasteiger partial charge is 0.496 e. The summed E-state index contributed by atoms with van der Waals surface area (Å²) in [4.78, 5) is 20.1. The maximum absolute atomic E-state index is 13.5. The van der Waals surface area contributed by atoms with Crippen LogP contribution in [0.2, 0.25) is 0 Å². The van der Waals surface area contributed by atoms with Crippen molar-refractivity contribution < 1.29 is 9.53 Å². The third-order valence-corrected chi connectivity index (χ3v) is 6.56. The number of anilines is 1. The number of carbonyl (C=O) groups is 1. The van der Waals surface area contributed by atoms with Gasteiger partial charge in [0.2, 0.25) is 5.91 Å². The van der Waals surface area contributed by atoms with Crippen molar-refractivity contribution in [2.75, 3.05) is 12.0 Å². The summed E-state index contributed by atoms with van der Waals surface area (Å²) in [5, 5.41) is 0.735. The van der Waals surface area contributed by atoms with Gasteiger partial charge in [-0.05, 0) is 66.8 Å². The molecule has 1 amide bonds. The van der Waals surface area contributed by atoms with Crippen LogP contribution in [-0.4, -0.2) is 18.0 Å². The van der Waals surface area contributed by atoms with E-state index in [0.29, 0.717) is 13.0 Å². The number of aromatic nitrogens is 1. The number of hydrogen-bond acceptors (Lipinski definition) is 4. The Labute approximate surface area is 187 Å². The van der Waals surface area contributed by atoms with Crippen molar-refractivity contribution in [1.29, 1.82) is 0 Å². The first-order valence-electron chi connectivity index (χ1n) is 10.3. The van der Waals surface area contributed by atoms with E-state index in [1.807, 2.05) is 60.4 Å². The Hall–Kier alpha value is -3.18. The Morgan fingerprint density at radius 2 is 1.68 bits per heavy atom. The molecule has 0 radical (unpaired) electrons. The van der Waals surface area contributed by atoms with Gasteiger partial charge in [-0.3, -0.25) is 9.69 Å². The molecular formula is C26H26N2O2S. The first-order chi connectivity index (χ1) is 14.9. The lowest BCUT2D eigenvalue weighted by atomic mass is 10.1. The van der Waals surface area contributed by atoms with Crippen LogP contribution in [0.1, 0.15) is 27.8 Å². The summed E-state index contributed by atoms with van der Waals surface area (Å²) >= 11 is 1.57. The van der Waals surface area contributed by atoms with E-state index in [0.717, 1.165) is 37.8 Å². The fourth-order valence-electron chi connectivity index (χ4n) is 3.63. The fourth-order valence-corrected chi connectivity index (χ4v) is 4.69. The predicted octanol–water partition coefficient (Wildman–Crippen LogP) is 6.01. The number of hydrogen-bond donors (Lipinski definition) is 0. The van der Waals surface area contributed by atoms with Gasteiger partial charge in [0.15, 0.2) is 5.13 Å². The zero-order chi connectivity index (χ0) is 22.0. The smallest absolute Gasteiger partial charge is 0.233 e. The number of benzene rings is 3. The molecule has 0 bridgehead atoms. The SMILES string of the molecule is COc1ccc(CC(=O)N(Cc2ccccc2)c2nc3cc(C)c(C)cc3s2)cc1C. The van der Waals surface area contributed by atoms with Crippen LogP contribution in [0, 0.1) is 20.8 Å². The molecule has 4 rings (SSSR count). The van der Waals surface area contributed by atoms with Crippen LogP contribution in [0.4, 0.5) is 5.13 Å². The third-order valence-electron chi connectivity index (χ3n) is 5.52. The van der Waals surface area contributed by atoms with Gasteiger partial charge in [0.1, 0.15) is 5.75 Å². The maximum atomic E-state index is 13.5. The molecule has 0 aliphatic rings. The van der Waals surface area contributed by atoms with Gasteiger partial charge in [-0.2, -0.15) is 0 Å². The summed E-state index contributed by atoms with van der Waals surface area (Å²) < 4.78 is 6.45. The molecule has 0 fully saturated rings. The molecule has 5 heteroatoms. The molecule has 3 aromatic carbocycles. The van der Waals surface area contributed by atoms with E-state index in [-0.39, 0.29) is 5.91 Å². The highest BCUT2D eigenvalue weighted by molar-refractivity contribution is 7.22. The fraction of sp³-hybridized carbons (Fsp3) is 0.231. The van der Waals surface area contributed by atoms with E-state index in [1.54, 1.807) is 18.4 Å². The van der Waals surface area contributed by atoms with Gasteiger partial charge in [0.05, 0.1) is 30.3 Å². The minimum Gasteiger partial charge on any atom is -0.496 e. The second-order valence-electron chi connectivity index (χ2n) is 7.85. The molecule has 0 aliphatic heterocycles. The zero-order valence-corrected chi connectivity index (χ0v) is 19.1. The van der Waals surface area contributed by atoms with Crippen LogP contribution < -0.4 is 9.64 Å². The Kier molecular flexibility index (Phi) is 6.05. The number of amides is 1. The highest BCUT2D eigenvalue weighted by atomic mass is 32.1. The molecule has 31 heavy (non-hydrogen) atoms. The Bertz CT molecular complexity index is 1190. The Balaban J connectivity index is 1.68. The van der Waals surface area contributed by atoms with Crippen molar-refractivity contribution in [3.63, 3.8) is 0 Å². The number of thiazole rings is 1. The summed E-state index contributed by atoms with van der Waals surface area (Å²) in [7, 11) is 1.66. The normalized spacial score (nSPS) is 11.0. The summed E-state index contributed by atoms with van der Waals surface area (Å²) in [5.74, 6) is 0.857. The topological polar surface area (TPSA) is 42.4 Å². The number of aryl methyl sites for hydroxylation is 3. The predicted molar refractivity (Wildman–Crippen MR) is 128 cm³/mol. The average molecular weight is 431 g/mol. The molecule has 0 spiro atoms. The van der Waals surface area contributed by atoms with Crippen LogP contribution in [0.25, 0.3) is 10.2 Å². The molecule has 0 unspecified atom stereocenters. The van der Waals surface area contributed by atoms with E-state index in [1.165, 1.54) is 11.1 Å². The van der Waals surface area contributed by atoms with Crippen molar-refractivity contribution in [3.8, 4) is 5.75 Å². The summed E-state index contributed by atoms with van der Waals surface area (Å²) in [6.07, 6.45) is 0.311. The van der Waals surface area contributed by atoms with E-state index in [9.17, 15) is 4.79 Å². The van der Waals surface area contributed by atoms with Gasteiger partial charge in [-0.15, -0.1) is 0 Å². The van der Waals surface area contributed by atoms with Crippen LogP contribution in [-0.2, 0) is 17.8 Å². The number of fused-ring (bicyclic) bond motifs is 1. The first-order valence-corrected chi connectivity index (χ1v) is 11.1. The zero-order valence-electron chi connectivity index (χ0n) is 18.3. The number of carbonyl (C=O) groups excluding carboxylic acids is 1. The quantitative estimate of drug-likeness (QED) is 0.376. The molecule has 1 heterocycles. The standard InChI is InChI=1S/C26H26N2O2S/c1-17-13-22-24(14-18(17)2)31-26(27-22)28(16-20-8-6-5-7-9-20)25(29)15-21-10-11-23(30-4)19(3)12-21/h5-14H,15-16H2,1-4H3. The molecule has 0 saturated heterocycles. The lowest BCUT2D eigenvalue weighted by Crippen LogP contribution is -2.31. The van der Waals surface area contributed by atoms with Crippen molar-refractivity contribution in [3.05, 3.63) is 88.5 Å². The highest BCUT2D eigenvalue weighted by Crippen LogP contribution is 2.32. The average Bonchev–Trinajstić information content (AvgIpc) is 3.15. The lowest BCUT2D eigenvalue weighted by Gasteiger charge is -2.20.